The molecule has 2 aliphatic heterocycles. The number of hydrogen-bond acceptors (Lipinski definition) is 7. The molecule has 1 saturated heterocycles. The summed E-state index contributed by atoms with van der Waals surface area (Å²) in [6.07, 6.45) is 0. The summed E-state index contributed by atoms with van der Waals surface area (Å²) in [4.78, 5) is 39.1. The third-order valence-corrected chi connectivity index (χ3v) is 7.85. The molecule has 0 N–H and O–H groups in total. The van der Waals surface area contributed by atoms with Crippen LogP contribution in [0.1, 0.15) is 31.8 Å². The Morgan fingerprint density at radius 1 is 1.00 bits per heavy atom. The molecule has 1 fully saturated rings. The zero-order valence-corrected chi connectivity index (χ0v) is 18.5. The highest BCUT2D eigenvalue weighted by Crippen LogP contribution is 2.31. The minimum atomic E-state index is -3.66. The van der Waals surface area contributed by atoms with Gasteiger partial charge in [-0.05, 0) is 37.1 Å². The summed E-state index contributed by atoms with van der Waals surface area (Å²) < 4.78 is 27.6. The Morgan fingerprint density at radius 2 is 1.69 bits per heavy atom. The first-order valence-electron chi connectivity index (χ1n) is 10.0. The smallest absolute Gasteiger partial charge is 0.282 e. The number of nitro groups is 1. The van der Waals surface area contributed by atoms with Crippen LogP contribution in [0.15, 0.2) is 41.3 Å². The second kappa shape index (κ2) is 8.08. The van der Waals surface area contributed by atoms with Crippen molar-refractivity contribution in [3.8, 4) is 0 Å². The molecule has 2 amide bonds. The van der Waals surface area contributed by atoms with Crippen molar-refractivity contribution in [1.29, 1.82) is 0 Å². The highest BCUT2D eigenvalue weighted by atomic mass is 32.2. The first kappa shape index (κ1) is 22.1. The predicted octanol–water partition coefficient (Wildman–Crippen LogP) is 1.77. The fourth-order valence-electron chi connectivity index (χ4n) is 4.03. The molecule has 0 aliphatic carbocycles. The number of fused-ring (bicyclic) bond motifs is 1. The van der Waals surface area contributed by atoms with E-state index < -0.39 is 32.4 Å². The Labute approximate surface area is 185 Å². The van der Waals surface area contributed by atoms with Crippen LogP contribution in [0.3, 0.4) is 0 Å². The molecule has 32 heavy (non-hydrogen) atoms. The van der Waals surface area contributed by atoms with Gasteiger partial charge in [0, 0.05) is 32.2 Å². The number of sulfonamides is 1. The zero-order chi connectivity index (χ0) is 23.2. The zero-order valence-electron chi connectivity index (χ0n) is 17.6. The van der Waals surface area contributed by atoms with Gasteiger partial charge in [-0.2, -0.15) is 4.31 Å². The minimum Gasteiger partial charge on any atom is -0.283 e. The summed E-state index contributed by atoms with van der Waals surface area (Å²) in [5, 5.41) is 11.3. The van der Waals surface area contributed by atoms with Gasteiger partial charge in [-0.1, -0.05) is 18.2 Å². The summed E-state index contributed by atoms with van der Waals surface area (Å²) in [6.45, 7) is 4.59. The third kappa shape index (κ3) is 3.68. The molecular formula is C21H22N4O6S. The number of rotatable bonds is 5. The molecule has 2 aromatic carbocycles. The lowest BCUT2D eigenvalue weighted by molar-refractivity contribution is -0.385. The van der Waals surface area contributed by atoms with Crippen molar-refractivity contribution in [3.05, 3.63) is 68.8 Å². The molecule has 2 aliphatic rings. The largest absolute Gasteiger partial charge is 0.283 e. The maximum absolute atomic E-state index is 13.1. The topological polar surface area (TPSA) is 121 Å². The summed E-state index contributed by atoms with van der Waals surface area (Å²) in [7, 11) is -3.66. The van der Waals surface area contributed by atoms with Gasteiger partial charge in [0.05, 0.1) is 22.1 Å². The number of carbonyl (C=O) groups excluding carboxylic acids is 2. The second-order valence-corrected chi connectivity index (χ2v) is 9.83. The third-order valence-electron chi connectivity index (χ3n) is 5.81. The summed E-state index contributed by atoms with van der Waals surface area (Å²) in [5.74, 6) is -1.29. The van der Waals surface area contributed by atoms with Gasteiger partial charge in [-0.25, -0.2) is 8.42 Å². The number of carbonyl (C=O) groups is 2. The molecule has 0 saturated carbocycles. The van der Waals surface area contributed by atoms with Crippen molar-refractivity contribution >= 4 is 27.5 Å². The SMILES string of the molecule is Cc1ccc(C)c(S(=O)(=O)N2CCN(CN3C(=O)c4cccc([N+](=O)[O-])c4C3=O)CC2)c1. The van der Waals surface area contributed by atoms with E-state index in [1.165, 1.54) is 22.5 Å². The number of nitrogens with zero attached hydrogens (tertiary/aromatic N) is 4. The Morgan fingerprint density at radius 3 is 2.34 bits per heavy atom. The van der Waals surface area contributed by atoms with Crippen LogP contribution in [-0.2, 0) is 10.0 Å². The monoisotopic (exact) mass is 458 g/mol. The van der Waals surface area contributed by atoms with Crippen molar-refractivity contribution in [2.24, 2.45) is 0 Å². The lowest BCUT2D eigenvalue weighted by atomic mass is 10.1. The number of benzene rings is 2. The molecular weight excluding hydrogens is 436 g/mol. The summed E-state index contributed by atoms with van der Waals surface area (Å²) in [6, 6.07) is 9.27. The number of piperazine rings is 1. The van der Waals surface area contributed by atoms with Crippen LogP contribution < -0.4 is 0 Å². The van der Waals surface area contributed by atoms with Gasteiger partial charge in [0.2, 0.25) is 10.0 Å². The number of amides is 2. The fourth-order valence-corrected chi connectivity index (χ4v) is 5.76. The van der Waals surface area contributed by atoms with E-state index in [0.717, 1.165) is 10.5 Å². The molecule has 2 heterocycles. The van der Waals surface area contributed by atoms with E-state index in [9.17, 15) is 28.1 Å². The van der Waals surface area contributed by atoms with Crippen LogP contribution in [0.25, 0.3) is 0 Å². The predicted molar refractivity (Wildman–Crippen MR) is 115 cm³/mol. The van der Waals surface area contributed by atoms with Crippen LogP contribution in [-0.4, -0.2) is 72.1 Å². The van der Waals surface area contributed by atoms with Gasteiger partial charge in [-0.15, -0.1) is 0 Å². The van der Waals surface area contributed by atoms with Gasteiger partial charge in [0.15, 0.2) is 0 Å². The summed E-state index contributed by atoms with van der Waals surface area (Å²) >= 11 is 0. The quantitative estimate of drug-likeness (QED) is 0.380. The Kier molecular flexibility index (Phi) is 5.57. The van der Waals surface area contributed by atoms with E-state index in [1.807, 2.05) is 13.0 Å². The Hall–Kier alpha value is -3.15. The molecule has 0 atom stereocenters. The van der Waals surface area contributed by atoms with Gasteiger partial charge in [-0.3, -0.25) is 29.5 Å². The second-order valence-electron chi connectivity index (χ2n) is 7.93. The van der Waals surface area contributed by atoms with Gasteiger partial charge in [0.1, 0.15) is 5.56 Å². The maximum Gasteiger partial charge on any atom is 0.282 e. The number of imide groups is 1. The lowest BCUT2D eigenvalue weighted by Crippen LogP contribution is -2.52. The number of aryl methyl sites for hydroxylation is 2. The molecule has 0 spiro atoms. The van der Waals surface area contributed by atoms with Crippen molar-refractivity contribution < 1.29 is 22.9 Å². The van der Waals surface area contributed by atoms with Crippen LogP contribution in [0.5, 0.6) is 0 Å². The standard InChI is InChI=1S/C21H22N4O6S/c1-14-6-7-15(2)18(12-14)32(30,31)23-10-8-22(9-11-23)13-24-20(26)16-4-3-5-17(25(28)29)19(16)21(24)27/h3-7,12H,8-11,13H2,1-2H3. The average Bonchev–Trinajstić information content (AvgIpc) is 3.00. The Balaban J connectivity index is 1.46. The lowest BCUT2D eigenvalue weighted by Gasteiger charge is -2.35. The van der Waals surface area contributed by atoms with Crippen LogP contribution >= 0.6 is 0 Å². The van der Waals surface area contributed by atoms with Crippen LogP contribution in [0, 0.1) is 24.0 Å². The van der Waals surface area contributed by atoms with E-state index >= 15 is 0 Å². The molecule has 0 aromatic heterocycles. The first-order valence-corrected chi connectivity index (χ1v) is 11.5. The molecule has 0 unspecified atom stereocenters. The van der Waals surface area contributed by atoms with Gasteiger partial charge >= 0.3 is 0 Å². The van der Waals surface area contributed by atoms with E-state index in [-0.39, 0.29) is 35.8 Å². The van der Waals surface area contributed by atoms with Gasteiger partial charge in [0.25, 0.3) is 17.5 Å². The molecule has 11 heteroatoms. The van der Waals surface area contributed by atoms with E-state index in [0.29, 0.717) is 18.7 Å². The molecule has 0 bridgehead atoms. The fraction of sp³-hybridized carbons (Fsp3) is 0.333. The van der Waals surface area contributed by atoms with Gasteiger partial charge < -0.3 is 0 Å². The van der Waals surface area contributed by atoms with Crippen molar-refractivity contribution in [3.63, 3.8) is 0 Å². The molecule has 10 nitrogen and oxygen atoms in total. The highest BCUT2D eigenvalue weighted by Gasteiger charge is 2.42. The van der Waals surface area contributed by atoms with Crippen molar-refractivity contribution in [2.75, 3.05) is 32.8 Å². The first-order chi connectivity index (χ1) is 15.1. The van der Waals surface area contributed by atoms with E-state index in [2.05, 4.69) is 0 Å². The molecule has 168 valence electrons. The average molecular weight is 458 g/mol. The number of hydrogen-bond donors (Lipinski definition) is 0. The molecule has 0 radical (unpaired) electrons. The van der Waals surface area contributed by atoms with Crippen LogP contribution in [0.2, 0.25) is 0 Å². The minimum absolute atomic E-state index is 0.0142. The normalized spacial score (nSPS) is 17.6. The van der Waals surface area contributed by atoms with Crippen molar-refractivity contribution in [1.82, 2.24) is 14.1 Å². The highest BCUT2D eigenvalue weighted by molar-refractivity contribution is 7.89. The van der Waals surface area contributed by atoms with Crippen LogP contribution in [0.4, 0.5) is 5.69 Å². The Bertz CT molecular complexity index is 1230. The van der Waals surface area contributed by atoms with E-state index in [1.54, 1.807) is 24.0 Å². The molecule has 4 rings (SSSR count). The number of nitro benzene ring substituents is 1. The van der Waals surface area contributed by atoms with E-state index in [4.69, 9.17) is 0 Å². The van der Waals surface area contributed by atoms with Crippen molar-refractivity contribution in [2.45, 2.75) is 18.7 Å². The maximum atomic E-state index is 13.1. The summed E-state index contributed by atoms with van der Waals surface area (Å²) in [5.41, 5.74) is 0.949. The molecule has 2 aromatic rings.